The van der Waals surface area contributed by atoms with E-state index in [2.05, 4.69) is 15.4 Å². The van der Waals surface area contributed by atoms with Gasteiger partial charge in [0.15, 0.2) is 0 Å². The normalized spacial score (nSPS) is 11.2. The van der Waals surface area contributed by atoms with Gasteiger partial charge in [0.1, 0.15) is 6.61 Å². The topological polar surface area (TPSA) is 67.4 Å². The van der Waals surface area contributed by atoms with Crippen LogP contribution in [0.5, 0.6) is 0 Å². The third-order valence-corrected chi connectivity index (χ3v) is 4.10. The second-order valence-corrected chi connectivity index (χ2v) is 6.81. The van der Waals surface area contributed by atoms with Crippen LogP contribution in [0.4, 0.5) is 18.9 Å². The number of hydrogen-bond donors (Lipinski definition) is 2. The van der Waals surface area contributed by atoms with E-state index in [-0.39, 0.29) is 19.1 Å². The number of carbonyl (C=O) groups excluding carboxylic acids is 2. The average molecular weight is 408 g/mol. The first kappa shape index (κ1) is 22.4. The molecule has 0 spiro atoms. The van der Waals surface area contributed by atoms with Crippen LogP contribution in [0.3, 0.4) is 0 Å². The molecular weight excluding hydrogens is 385 g/mol. The first-order valence-electron chi connectivity index (χ1n) is 8.94. The number of halogens is 3. The van der Waals surface area contributed by atoms with Gasteiger partial charge in [-0.1, -0.05) is 29.8 Å². The third-order valence-electron chi connectivity index (χ3n) is 4.10. The molecule has 0 aliphatic rings. The second kappa shape index (κ2) is 9.56. The molecule has 156 valence electrons. The van der Waals surface area contributed by atoms with Gasteiger partial charge in [-0.15, -0.1) is 0 Å². The number of aryl methyl sites for hydroxylation is 3. The summed E-state index contributed by atoms with van der Waals surface area (Å²) in [5.41, 5.74) is 4.49. The molecule has 29 heavy (non-hydrogen) atoms. The van der Waals surface area contributed by atoms with E-state index in [4.69, 9.17) is 0 Å². The summed E-state index contributed by atoms with van der Waals surface area (Å²) in [6.45, 7) is 4.02. The minimum Gasteiger partial charge on any atom is -0.367 e. The predicted octanol–water partition coefficient (Wildman–Crippen LogP) is 4.06. The molecule has 0 fully saturated rings. The summed E-state index contributed by atoms with van der Waals surface area (Å²) < 4.78 is 40.8. The van der Waals surface area contributed by atoms with Crippen molar-refractivity contribution in [2.24, 2.45) is 0 Å². The van der Waals surface area contributed by atoms with Crippen LogP contribution in [-0.4, -0.2) is 31.1 Å². The van der Waals surface area contributed by atoms with Crippen molar-refractivity contribution in [3.05, 3.63) is 64.2 Å². The Kier molecular flexibility index (Phi) is 7.39. The molecule has 0 saturated carbocycles. The summed E-state index contributed by atoms with van der Waals surface area (Å²) in [5, 5.41) is 5.32. The van der Waals surface area contributed by atoms with Gasteiger partial charge in [-0.05, 0) is 49.6 Å². The van der Waals surface area contributed by atoms with Gasteiger partial charge in [0.2, 0.25) is 5.91 Å². The van der Waals surface area contributed by atoms with Crippen LogP contribution in [-0.2, 0) is 16.1 Å². The monoisotopic (exact) mass is 408 g/mol. The number of alkyl halides is 3. The highest BCUT2D eigenvalue weighted by molar-refractivity contribution is 5.99. The van der Waals surface area contributed by atoms with E-state index in [1.54, 1.807) is 0 Å². The highest BCUT2D eigenvalue weighted by Gasteiger charge is 2.27. The second-order valence-electron chi connectivity index (χ2n) is 6.81. The van der Waals surface area contributed by atoms with E-state index in [0.29, 0.717) is 11.1 Å². The summed E-state index contributed by atoms with van der Waals surface area (Å²) in [6, 6.07) is 9.86. The van der Waals surface area contributed by atoms with Crippen LogP contribution in [0, 0.1) is 20.8 Å². The number of ether oxygens (including phenoxy) is 1. The van der Waals surface area contributed by atoms with Crippen LogP contribution in [0.2, 0.25) is 0 Å². The van der Waals surface area contributed by atoms with Crippen molar-refractivity contribution in [3.63, 3.8) is 0 Å². The molecule has 5 nitrogen and oxygen atoms in total. The van der Waals surface area contributed by atoms with Gasteiger partial charge >= 0.3 is 6.18 Å². The van der Waals surface area contributed by atoms with Gasteiger partial charge in [0.05, 0.1) is 13.2 Å². The summed E-state index contributed by atoms with van der Waals surface area (Å²) >= 11 is 0. The van der Waals surface area contributed by atoms with Gasteiger partial charge < -0.3 is 15.4 Å². The number of amides is 2. The number of rotatable bonds is 7. The highest BCUT2D eigenvalue weighted by Crippen LogP contribution is 2.21. The maximum Gasteiger partial charge on any atom is 0.411 e. The molecule has 0 aliphatic heterocycles. The molecule has 2 amide bonds. The molecular formula is C21H23F3N2O3. The summed E-state index contributed by atoms with van der Waals surface area (Å²) in [6.07, 6.45) is -4.38. The van der Waals surface area contributed by atoms with Gasteiger partial charge in [-0.25, -0.2) is 0 Å². The third kappa shape index (κ3) is 7.23. The van der Waals surface area contributed by atoms with E-state index in [9.17, 15) is 22.8 Å². The molecule has 2 rings (SSSR count). The number of anilines is 1. The number of hydrogen-bond acceptors (Lipinski definition) is 3. The molecule has 0 radical (unpaired) electrons. The van der Waals surface area contributed by atoms with Crippen LogP contribution < -0.4 is 10.6 Å². The Morgan fingerprint density at radius 2 is 1.59 bits per heavy atom. The molecule has 8 heteroatoms. The lowest BCUT2D eigenvalue weighted by molar-refractivity contribution is -0.176. The molecule has 0 atom stereocenters. The van der Waals surface area contributed by atoms with E-state index in [1.807, 2.05) is 32.9 Å². The fourth-order valence-electron chi connectivity index (χ4n) is 2.86. The van der Waals surface area contributed by atoms with Crippen molar-refractivity contribution in [3.8, 4) is 0 Å². The molecule has 2 N–H and O–H groups in total. The van der Waals surface area contributed by atoms with Crippen LogP contribution >= 0.6 is 0 Å². The Morgan fingerprint density at radius 1 is 1.00 bits per heavy atom. The fraction of sp³-hybridized carbons (Fsp3) is 0.333. The minimum atomic E-state index is -4.38. The van der Waals surface area contributed by atoms with E-state index < -0.39 is 18.7 Å². The zero-order valence-corrected chi connectivity index (χ0v) is 16.4. The molecule has 0 aromatic heterocycles. The number of nitrogens with one attached hydrogen (secondary N) is 2. The summed E-state index contributed by atoms with van der Waals surface area (Å²) in [7, 11) is 0. The predicted molar refractivity (Wildman–Crippen MR) is 104 cm³/mol. The average Bonchev–Trinajstić information content (AvgIpc) is 2.62. The Morgan fingerprint density at radius 3 is 2.14 bits per heavy atom. The SMILES string of the molecule is Cc1cc(C)c(NC(=O)CNC(=O)c2ccc(COCC(F)(F)F)cc2)c(C)c1. The molecule has 0 aliphatic carbocycles. The van der Waals surface area contributed by atoms with Gasteiger partial charge in [0.25, 0.3) is 5.91 Å². The standard InChI is InChI=1S/C21H23F3N2O3/c1-13-8-14(2)19(15(3)9-13)26-18(27)10-25-20(28)17-6-4-16(5-7-17)11-29-12-21(22,23)24/h4-9H,10-12H2,1-3H3,(H,25,28)(H,26,27). The molecule has 0 bridgehead atoms. The summed E-state index contributed by atoms with van der Waals surface area (Å²) in [4.78, 5) is 24.3. The zero-order chi connectivity index (χ0) is 21.6. The Bertz CT molecular complexity index is 855. The maximum atomic E-state index is 12.2. The molecule has 0 unspecified atom stereocenters. The molecule has 2 aromatic rings. The molecule has 0 saturated heterocycles. The lowest BCUT2D eigenvalue weighted by atomic mass is 10.1. The first-order chi connectivity index (χ1) is 13.5. The summed E-state index contributed by atoms with van der Waals surface area (Å²) in [5.74, 6) is -0.814. The van der Waals surface area contributed by atoms with Crippen molar-refractivity contribution < 1.29 is 27.5 Å². The van der Waals surface area contributed by atoms with E-state index in [0.717, 1.165) is 22.4 Å². The molecule has 2 aromatic carbocycles. The van der Waals surface area contributed by atoms with Crippen LogP contribution in [0.25, 0.3) is 0 Å². The lowest BCUT2D eigenvalue weighted by Gasteiger charge is -2.13. The van der Waals surface area contributed by atoms with Crippen LogP contribution in [0.15, 0.2) is 36.4 Å². The van der Waals surface area contributed by atoms with Crippen molar-refractivity contribution >= 4 is 17.5 Å². The Balaban J connectivity index is 1.85. The largest absolute Gasteiger partial charge is 0.411 e. The number of benzene rings is 2. The quantitative estimate of drug-likeness (QED) is 0.726. The van der Waals surface area contributed by atoms with Crippen molar-refractivity contribution in [2.45, 2.75) is 33.6 Å². The maximum absolute atomic E-state index is 12.2. The zero-order valence-electron chi connectivity index (χ0n) is 16.4. The van der Waals surface area contributed by atoms with Gasteiger partial charge in [-0.3, -0.25) is 9.59 Å². The van der Waals surface area contributed by atoms with E-state index in [1.165, 1.54) is 24.3 Å². The molecule has 0 heterocycles. The van der Waals surface area contributed by atoms with Crippen molar-refractivity contribution in [2.75, 3.05) is 18.5 Å². The van der Waals surface area contributed by atoms with Gasteiger partial charge in [0, 0.05) is 11.3 Å². The van der Waals surface area contributed by atoms with Crippen molar-refractivity contribution in [1.29, 1.82) is 0 Å². The van der Waals surface area contributed by atoms with Crippen LogP contribution in [0.1, 0.15) is 32.6 Å². The fourth-order valence-corrected chi connectivity index (χ4v) is 2.86. The van der Waals surface area contributed by atoms with Crippen molar-refractivity contribution in [1.82, 2.24) is 5.32 Å². The first-order valence-corrected chi connectivity index (χ1v) is 8.94. The Hall–Kier alpha value is -2.87. The number of carbonyl (C=O) groups is 2. The minimum absolute atomic E-state index is 0.206. The Labute approximate surface area is 167 Å². The van der Waals surface area contributed by atoms with Gasteiger partial charge in [-0.2, -0.15) is 13.2 Å². The highest BCUT2D eigenvalue weighted by atomic mass is 19.4. The smallest absolute Gasteiger partial charge is 0.367 e. The lowest BCUT2D eigenvalue weighted by Crippen LogP contribution is -2.33. The van der Waals surface area contributed by atoms with E-state index >= 15 is 0 Å².